The second kappa shape index (κ2) is 10.6. The summed E-state index contributed by atoms with van der Waals surface area (Å²) < 4.78 is 6.83. The van der Waals surface area contributed by atoms with Crippen LogP contribution in [0.1, 0.15) is 18.3 Å². The van der Waals surface area contributed by atoms with Gasteiger partial charge in [0.1, 0.15) is 11.6 Å². The molecule has 0 saturated heterocycles. The number of ether oxygens (including phenoxy) is 1. The van der Waals surface area contributed by atoms with Gasteiger partial charge in [-0.25, -0.2) is 0 Å². The molecule has 1 heterocycles. The largest absolute Gasteiger partial charge is 0.497 e. The quantitative estimate of drug-likeness (QED) is 0.497. The Kier molecular flexibility index (Phi) is 7.66. The molecule has 0 spiro atoms. The van der Waals surface area contributed by atoms with Crippen LogP contribution in [0.2, 0.25) is 0 Å². The van der Waals surface area contributed by atoms with E-state index >= 15 is 0 Å². The zero-order valence-electron chi connectivity index (χ0n) is 17.7. The summed E-state index contributed by atoms with van der Waals surface area (Å²) in [5, 5.41) is 14.4. The van der Waals surface area contributed by atoms with Gasteiger partial charge in [0, 0.05) is 18.4 Å². The molecule has 2 N–H and O–H groups in total. The Bertz CT molecular complexity index is 1030. The van der Waals surface area contributed by atoms with Gasteiger partial charge in [-0.15, -0.1) is 10.2 Å². The lowest BCUT2D eigenvalue weighted by Gasteiger charge is -2.07. The van der Waals surface area contributed by atoms with E-state index in [1.165, 1.54) is 17.3 Å². The van der Waals surface area contributed by atoms with Gasteiger partial charge in [-0.2, -0.15) is 0 Å². The van der Waals surface area contributed by atoms with Crippen LogP contribution in [-0.4, -0.2) is 39.4 Å². The molecule has 8 nitrogen and oxygen atoms in total. The number of aryl methyl sites for hydroxylation is 1. The Labute approximate surface area is 185 Å². The number of thioether (sulfide) groups is 1. The molecule has 1 aromatic heterocycles. The fourth-order valence-electron chi connectivity index (χ4n) is 2.80. The molecule has 9 heteroatoms. The lowest BCUT2D eigenvalue weighted by atomic mass is 10.1. The molecule has 0 fully saturated rings. The molecule has 0 aliphatic carbocycles. The highest BCUT2D eigenvalue weighted by Gasteiger charge is 2.15. The average molecular weight is 440 g/mol. The number of rotatable bonds is 9. The molecule has 0 aliphatic heterocycles. The summed E-state index contributed by atoms with van der Waals surface area (Å²) in [7, 11) is 3.37. The second-order valence-electron chi connectivity index (χ2n) is 6.80. The van der Waals surface area contributed by atoms with E-state index in [9.17, 15) is 9.59 Å². The third-order valence-corrected chi connectivity index (χ3v) is 5.62. The number of hydrogen-bond donors (Lipinski definition) is 2. The molecular formula is C22H25N5O3S. The molecule has 2 amide bonds. The van der Waals surface area contributed by atoms with E-state index in [0.717, 1.165) is 17.9 Å². The van der Waals surface area contributed by atoms with Gasteiger partial charge in [0.25, 0.3) is 0 Å². The molecular weight excluding hydrogens is 414 g/mol. The molecule has 3 rings (SSSR count). The van der Waals surface area contributed by atoms with Crippen molar-refractivity contribution < 1.29 is 14.3 Å². The molecule has 3 aromatic rings. The van der Waals surface area contributed by atoms with Crippen LogP contribution in [0.3, 0.4) is 0 Å². The molecule has 2 aromatic carbocycles. The van der Waals surface area contributed by atoms with Crippen LogP contribution < -0.4 is 15.4 Å². The van der Waals surface area contributed by atoms with E-state index < -0.39 is 0 Å². The molecule has 31 heavy (non-hydrogen) atoms. The van der Waals surface area contributed by atoms with Crippen LogP contribution in [0.4, 0.5) is 11.4 Å². The Morgan fingerprint density at radius 1 is 0.968 bits per heavy atom. The van der Waals surface area contributed by atoms with Crippen molar-refractivity contribution in [3.05, 3.63) is 59.9 Å². The number of anilines is 2. The van der Waals surface area contributed by atoms with Gasteiger partial charge in [-0.3, -0.25) is 9.59 Å². The van der Waals surface area contributed by atoms with E-state index in [4.69, 9.17) is 4.74 Å². The summed E-state index contributed by atoms with van der Waals surface area (Å²) in [6.07, 6.45) is 1.03. The monoisotopic (exact) mass is 439 g/mol. The smallest absolute Gasteiger partial charge is 0.234 e. The van der Waals surface area contributed by atoms with Crippen LogP contribution in [0.15, 0.2) is 53.7 Å². The molecule has 0 atom stereocenters. The number of hydrogen-bond acceptors (Lipinski definition) is 6. The van der Waals surface area contributed by atoms with E-state index in [-0.39, 0.29) is 24.0 Å². The summed E-state index contributed by atoms with van der Waals surface area (Å²) in [4.78, 5) is 24.5. The molecule has 0 saturated carbocycles. The summed E-state index contributed by atoms with van der Waals surface area (Å²) in [5.74, 6) is 1.10. The SMILES string of the molecule is CCc1ccc(NC(=O)CSc2nnc(CC(=O)Nc3ccc(OC)cc3)n2C)cc1. The van der Waals surface area contributed by atoms with Crippen molar-refractivity contribution in [1.82, 2.24) is 14.8 Å². The predicted molar refractivity (Wildman–Crippen MR) is 122 cm³/mol. The van der Waals surface area contributed by atoms with Gasteiger partial charge in [0.05, 0.1) is 19.3 Å². The van der Waals surface area contributed by atoms with Crippen LogP contribution in [-0.2, 0) is 29.5 Å². The number of benzene rings is 2. The average Bonchev–Trinajstić information content (AvgIpc) is 3.12. The standard InChI is InChI=1S/C22H25N5O3S/c1-4-15-5-7-16(8-6-15)24-21(29)14-31-22-26-25-19(27(22)2)13-20(28)23-17-9-11-18(30-3)12-10-17/h5-12H,4,13-14H2,1-3H3,(H,23,28)(H,24,29). The second-order valence-corrected chi connectivity index (χ2v) is 7.74. The predicted octanol–water partition coefficient (Wildman–Crippen LogP) is 3.30. The minimum absolute atomic E-state index is 0.0755. The van der Waals surface area contributed by atoms with Gasteiger partial charge in [-0.1, -0.05) is 30.8 Å². The highest BCUT2D eigenvalue weighted by Crippen LogP contribution is 2.18. The van der Waals surface area contributed by atoms with E-state index in [0.29, 0.717) is 16.7 Å². The summed E-state index contributed by atoms with van der Waals surface area (Å²) in [6, 6.07) is 14.9. The Hall–Kier alpha value is -3.33. The van der Waals surface area contributed by atoms with Crippen molar-refractivity contribution in [2.45, 2.75) is 24.9 Å². The number of aromatic nitrogens is 3. The number of carbonyl (C=O) groups excluding carboxylic acids is 2. The van der Waals surface area contributed by atoms with Crippen LogP contribution >= 0.6 is 11.8 Å². The molecule has 0 bridgehead atoms. The highest BCUT2D eigenvalue weighted by molar-refractivity contribution is 7.99. The first-order valence-electron chi connectivity index (χ1n) is 9.82. The number of methoxy groups -OCH3 is 1. The third kappa shape index (κ3) is 6.32. The van der Waals surface area contributed by atoms with Crippen LogP contribution in [0, 0.1) is 0 Å². The normalized spacial score (nSPS) is 10.5. The van der Waals surface area contributed by atoms with Gasteiger partial charge >= 0.3 is 0 Å². The fraction of sp³-hybridized carbons (Fsp3) is 0.273. The third-order valence-electron chi connectivity index (χ3n) is 4.60. The Morgan fingerprint density at radius 3 is 2.19 bits per heavy atom. The maximum Gasteiger partial charge on any atom is 0.234 e. The first kappa shape index (κ1) is 22.4. The molecule has 0 unspecified atom stereocenters. The number of nitrogens with zero attached hydrogens (tertiary/aromatic N) is 3. The Balaban J connectivity index is 1.50. The van der Waals surface area contributed by atoms with Gasteiger partial charge in [0.2, 0.25) is 11.8 Å². The fourth-order valence-corrected chi connectivity index (χ4v) is 3.53. The lowest BCUT2D eigenvalue weighted by Crippen LogP contribution is -2.17. The van der Waals surface area contributed by atoms with Crippen LogP contribution in [0.5, 0.6) is 5.75 Å². The first-order chi connectivity index (χ1) is 15.0. The zero-order chi connectivity index (χ0) is 22.2. The van der Waals surface area contributed by atoms with Gasteiger partial charge in [0.15, 0.2) is 5.16 Å². The van der Waals surface area contributed by atoms with Crippen molar-refractivity contribution in [3.63, 3.8) is 0 Å². The lowest BCUT2D eigenvalue weighted by molar-refractivity contribution is -0.116. The van der Waals surface area contributed by atoms with Crippen molar-refractivity contribution in [1.29, 1.82) is 0 Å². The van der Waals surface area contributed by atoms with Crippen molar-refractivity contribution >= 4 is 35.0 Å². The molecule has 0 aliphatic rings. The van der Waals surface area contributed by atoms with Crippen molar-refractivity contribution in [2.75, 3.05) is 23.5 Å². The van der Waals surface area contributed by atoms with E-state index in [1.54, 1.807) is 43.0 Å². The minimum atomic E-state index is -0.203. The zero-order valence-corrected chi connectivity index (χ0v) is 18.5. The van der Waals surface area contributed by atoms with Gasteiger partial charge < -0.3 is 19.9 Å². The topological polar surface area (TPSA) is 98.1 Å². The van der Waals surface area contributed by atoms with Crippen LogP contribution in [0.25, 0.3) is 0 Å². The number of nitrogens with one attached hydrogen (secondary N) is 2. The first-order valence-corrected chi connectivity index (χ1v) is 10.8. The summed E-state index contributed by atoms with van der Waals surface area (Å²) >= 11 is 1.27. The number of carbonyl (C=O) groups is 2. The van der Waals surface area contributed by atoms with E-state index in [1.807, 2.05) is 24.3 Å². The highest BCUT2D eigenvalue weighted by atomic mass is 32.2. The number of amides is 2. The van der Waals surface area contributed by atoms with Crippen molar-refractivity contribution in [2.24, 2.45) is 7.05 Å². The molecule has 0 radical (unpaired) electrons. The van der Waals surface area contributed by atoms with Crippen molar-refractivity contribution in [3.8, 4) is 5.75 Å². The van der Waals surface area contributed by atoms with E-state index in [2.05, 4.69) is 27.8 Å². The van der Waals surface area contributed by atoms with Gasteiger partial charge in [-0.05, 0) is 48.4 Å². The maximum atomic E-state index is 12.3. The summed E-state index contributed by atoms with van der Waals surface area (Å²) in [5.41, 5.74) is 2.65. The molecule has 162 valence electrons. The maximum absolute atomic E-state index is 12.3. The summed E-state index contributed by atoms with van der Waals surface area (Å²) in [6.45, 7) is 2.09. The Morgan fingerprint density at radius 2 is 1.58 bits per heavy atom. The minimum Gasteiger partial charge on any atom is -0.497 e.